The molecule has 2 amide bonds. The van der Waals surface area contributed by atoms with Crippen LogP contribution in [0.2, 0.25) is 0 Å². The molecule has 2 heterocycles. The number of imidazole rings is 1. The molecular weight excluding hydrogens is 578 g/mol. The third kappa shape index (κ3) is 8.48. The van der Waals surface area contributed by atoms with E-state index < -0.39 is 6.29 Å². The van der Waals surface area contributed by atoms with Crippen LogP contribution in [0.15, 0.2) is 90.3 Å². The number of rotatable bonds is 12. The predicted octanol–water partition coefficient (Wildman–Crippen LogP) is 5.58. The maximum Gasteiger partial charge on any atom is 0.224 e. The van der Waals surface area contributed by atoms with Gasteiger partial charge in [0.1, 0.15) is 0 Å². The summed E-state index contributed by atoms with van der Waals surface area (Å²) in [6.07, 6.45) is 4.15. The molecule has 5 N–H and O–H groups in total. The third-order valence-electron chi connectivity index (χ3n) is 7.28. The molecule has 4 aromatic rings. The molecule has 1 fully saturated rings. The van der Waals surface area contributed by atoms with Gasteiger partial charge in [0.05, 0.1) is 30.2 Å². The number of hydrogen-bond acceptors (Lipinski definition) is 8. The van der Waals surface area contributed by atoms with Crippen LogP contribution in [0.5, 0.6) is 0 Å². The molecule has 1 aliphatic rings. The van der Waals surface area contributed by atoms with Gasteiger partial charge in [0, 0.05) is 55.7 Å². The highest BCUT2D eigenvalue weighted by Crippen LogP contribution is 2.39. The zero-order valence-corrected chi connectivity index (χ0v) is 25.3. The van der Waals surface area contributed by atoms with E-state index in [1.807, 2.05) is 66.3 Å². The lowest BCUT2D eigenvalue weighted by Crippen LogP contribution is -2.31. The van der Waals surface area contributed by atoms with Crippen LogP contribution in [-0.4, -0.2) is 38.3 Å². The van der Waals surface area contributed by atoms with Gasteiger partial charge >= 0.3 is 0 Å². The van der Waals surface area contributed by atoms with Crippen LogP contribution in [0.1, 0.15) is 54.8 Å². The van der Waals surface area contributed by atoms with E-state index in [2.05, 4.69) is 15.6 Å². The first-order valence-electron chi connectivity index (χ1n) is 14.5. The molecular formula is C33H37N5O5S. The van der Waals surface area contributed by atoms with Gasteiger partial charge in [0.2, 0.25) is 11.8 Å². The predicted molar refractivity (Wildman–Crippen MR) is 171 cm³/mol. The van der Waals surface area contributed by atoms with E-state index in [1.54, 1.807) is 42.2 Å². The fourth-order valence-electron chi connectivity index (χ4n) is 4.90. The summed E-state index contributed by atoms with van der Waals surface area (Å²) in [6.45, 7) is -0.0189. The van der Waals surface area contributed by atoms with E-state index in [0.29, 0.717) is 35.7 Å². The summed E-state index contributed by atoms with van der Waals surface area (Å²) in [5.41, 5.74) is 10.2. The highest BCUT2D eigenvalue weighted by molar-refractivity contribution is 7.99. The number of nitrogen functional groups attached to an aromatic ring is 1. The maximum atomic E-state index is 12.7. The third-order valence-corrected chi connectivity index (χ3v) is 8.47. The van der Waals surface area contributed by atoms with Crippen molar-refractivity contribution < 1.29 is 24.2 Å². The number of hydrogen-bond donors (Lipinski definition) is 4. The molecule has 0 saturated carbocycles. The largest absolute Gasteiger partial charge is 0.397 e. The fourth-order valence-corrected chi connectivity index (χ4v) is 5.85. The molecule has 1 aliphatic heterocycles. The van der Waals surface area contributed by atoms with Gasteiger partial charge in [-0.15, -0.1) is 0 Å². The number of aromatic nitrogens is 2. The normalized spacial score (nSPS) is 18.1. The Labute approximate surface area is 261 Å². The molecule has 1 saturated heterocycles. The van der Waals surface area contributed by atoms with Crippen molar-refractivity contribution in [2.75, 3.05) is 22.1 Å². The summed E-state index contributed by atoms with van der Waals surface area (Å²) < 4.78 is 14.9. The molecule has 1 aromatic heterocycles. The summed E-state index contributed by atoms with van der Waals surface area (Å²) in [5, 5.41) is 16.1. The number of aryl methyl sites for hydroxylation is 1. The average Bonchev–Trinajstić information content (AvgIpc) is 3.45. The molecule has 0 aliphatic carbocycles. The summed E-state index contributed by atoms with van der Waals surface area (Å²) in [7, 11) is 1.96. The number of carbonyl (C=O) groups excluding carboxylic acids is 2. The van der Waals surface area contributed by atoms with E-state index in [4.69, 9.17) is 15.2 Å². The molecule has 0 bridgehead atoms. The number of para-hydroxylation sites is 2. The number of anilines is 3. The fraction of sp³-hybridized carbons (Fsp3) is 0.303. The van der Waals surface area contributed by atoms with Gasteiger partial charge in [-0.1, -0.05) is 60.3 Å². The van der Waals surface area contributed by atoms with E-state index >= 15 is 0 Å². The molecule has 3 aromatic carbocycles. The van der Waals surface area contributed by atoms with Crippen molar-refractivity contribution in [1.29, 1.82) is 0 Å². The van der Waals surface area contributed by atoms with Crippen LogP contribution in [0.4, 0.5) is 17.1 Å². The number of nitrogens with zero attached hydrogens (tertiary/aromatic N) is 2. The Kier molecular flexibility index (Phi) is 10.7. The number of amides is 2. The topological polar surface area (TPSA) is 141 Å². The lowest BCUT2D eigenvalue weighted by Gasteiger charge is -2.36. The van der Waals surface area contributed by atoms with Crippen molar-refractivity contribution in [1.82, 2.24) is 9.55 Å². The maximum absolute atomic E-state index is 12.7. The number of aliphatic hydroxyl groups is 1. The Morgan fingerprint density at radius 2 is 1.77 bits per heavy atom. The summed E-state index contributed by atoms with van der Waals surface area (Å²) in [4.78, 5) is 29.4. The molecule has 0 radical (unpaired) electrons. The molecule has 44 heavy (non-hydrogen) atoms. The lowest BCUT2D eigenvalue weighted by molar-refractivity contribution is -0.245. The number of nitrogens with two attached hydrogens (primary N) is 1. The van der Waals surface area contributed by atoms with Crippen molar-refractivity contribution in [3.63, 3.8) is 0 Å². The second-order valence-electron chi connectivity index (χ2n) is 10.6. The minimum absolute atomic E-state index is 0.0189. The molecule has 10 nitrogen and oxygen atoms in total. The minimum Gasteiger partial charge on any atom is -0.397 e. The van der Waals surface area contributed by atoms with Crippen molar-refractivity contribution in [2.45, 2.75) is 55.9 Å². The van der Waals surface area contributed by atoms with E-state index in [1.165, 1.54) is 0 Å². The SMILES string of the molecule is Cn1ccnc1SC[C@@H]1C[C@H](c2ccc(CO)cc2)O[C@H](c2cccc(NC(=O)CCCC(=O)Nc3ccccc3N)c2)O1. The smallest absolute Gasteiger partial charge is 0.224 e. The van der Waals surface area contributed by atoms with Gasteiger partial charge in [-0.3, -0.25) is 9.59 Å². The minimum atomic E-state index is -0.649. The summed E-state index contributed by atoms with van der Waals surface area (Å²) in [6, 6.07) is 22.3. The van der Waals surface area contributed by atoms with Crippen LogP contribution in [0.25, 0.3) is 0 Å². The van der Waals surface area contributed by atoms with Gasteiger partial charge in [0.15, 0.2) is 11.4 Å². The van der Waals surface area contributed by atoms with Crippen LogP contribution in [0.3, 0.4) is 0 Å². The number of aliphatic hydroxyl groups excluding tert-OH is 1. The van der Waals surface area contributed by atoms with Crippen LogP contribution in [0, 0.1) is 0 Å². The molecule has 11 heteroatoms. The number of nitrogens with one attached hydrogen (secondary N) is 2. The molecule has 0 spiro atoms. The van der Waals surface area contributed by atoms with Gasteiger partial charge < -0.3 is 35.5 Å². The average molecular weight is 616 g/mol. The lowest BCUT2D eigenvalue weighted by atomic mass is 10.0. The van der Waals surface area contributed by atoms with Gasteiger partial charge in [-0.05, 0) is 41.8 Å². The van der Waals surface area contributed by atoms with Crippen molar-refractivity contribution in [3.05, 3.63) is 102 Å². The second kappa shape index (κ2) is 15.0. The first kappa shape index (κ1) is 31.3. The molecule has 0 unspecified atom stereocenters. The molecule has 5 rings (SSSR count). The highest BCUT2D eigenvalue weighted by Gasteiger charge is 2.32. The summed E-state index contributed by atoms with van der Waals surface area (Å²) >= 11 is 1.63. The molecule has 230 valence electrons. The van der Waals surface area contributed by atoms with Crippen LogP contribution >= 0.6 is 11.8 Å². The quantitative estimate of drug-likeness (QED) is 0.120. The Morgan fingerprint density at radius 3 is 2.50 bits per heavy atom. The highest BCUT2D eigenvalue weighted by atomic mass is 32.2. The van der Waals surface area contributed by atoms with E-state index in [9.17, 15) is 14.7 Å². The molecule has 3 atom stereocenters. The number of benzene rings is 3. The Bertz CT molecular complexity index is 1560. The van der Waals surface area contributed by atoms with Gasteiger partial charge in [-0.2, -0.15) is 0 Å². The first-order chi connectivity index (χ1) is 21.4. The van der Waals surface area contributed by atoms with Gasteiger partial charge in [-0.25, -0.2) is 4.98 Å². The van der Waals surface area contributed by atoms with Crippen molar-refractivity contribution in [3.8, 4) is 0 Å². The van der Waals surface area contributed by atoms with Crippen molar-refractivity contribution >= 4 is 40.6 Å². The van der Waals surface area contributed by atoms with Crippen LogP contribution < -0.4 is 16.4 Å². The first-order valence-corrected chi connectivity index (χ1v) is 15.5. The van der Waals surface area contributed by atoms with Crippen LogP contribution in [-0.2, 0) is 32.7 Å². The van der Waals surface area contributed by atoms with E-state index in [-0.39, 0.29) is 43.5 Å². The van der Waals surface area contributed by atoms with Crippen molar-refractivity contribution in [2.24, 2.45) is 7.05 Å². The zero-order chi connectivity index (χ0) is 30.9. The number of thioether (sulfide) groups is 1. The number of carbonyl (C=O) groups is 2. The Hall–Kier alpha value is -4.16. The van der Waals surface area contributed by atoms with Gasteiger partial charge in [0.25, 0.3) is 0 Å². The van der Waals surface area contributed by atoms with E-state index in [0.717, 1.165) is 21.8 Å². The standard InChI is InChI=1S/C33H37N5O5S/c1-38-17-16-35-33(38)44-21-26-19-29(23-14-12-22(20-39)13-15-23)43-32(42-26)24-6-4-7-25(18-24)36-30(40)10-5-11-31(41)37-28-9-3-2-8-27(28)34/h2-4,6-9,12-18,26,29,32,39H,5,10-11,19-21,34H2,1H3,(H,36,40)(H,37,41)/t26-,29+,32+/m0/s1. The zero-order valence-electron chi connectivity index (χ0n) is 24.5. The second-order valence-corrected chi connectivity index (χ2v) is 11.6. The summed E-state index contributed by atoms with van der Waals surface area (Å²) in [5.74, 6) is 0.308. The monoisotopic (exact) mass is 615 g/mol. The number of ether oxygens (including phenoxy) is 2. The Balaban J connectivity index is 1.20. The Morgan fingerprint density at radius 1 is 1.00 bits per heavy atom.